The normalized spacial score (nSPS) is 10.4. The molecule has 3 amide bonds. The van der Waals surface area contributed by atoms with E-state index >= 15 is 0 Å². The number of amides is 3. The first-order valence-corrected chi connectivity index (χ1v) is 12.4. The number of aromatic amines is 1. The first-order chi connectivity index (χ1) is 18.7. The lowest BCUT2D eigenvalue weighted by Gasteiger charge is -2.14. The van der Waals surface area contributed by atoms with Gasteiger partial charge in [-0.05, 0) is 57.5 Å². The van der Waals surface area contributed by atoms with Gasteiger partial charge in [0.25, 0.3) is 0 Å². The summed E-state index contributed by atoms with van der Waals surface area (Å²) in [6.07, 6.45) is 3.28. The Morgan fingerprint density at radius 3 is 2.33 bits per heavy atom. The van der Waals surface area contributed by atoms with Gasteiger partial charge < -0.3 is 26.1 Å². The van der Waals surface area contributed by atoms with Gasteiger partial charge in [0, 0.05) is 35.5 Å². The van der Waals surface area contributed by atoms with Gasteiger partial charge in [-0.15, -0.1) is 0 Å². The fraction of sp³-hybridized carbons (Fsp3) is 0.267. The van der Waals surface area contributed by atoms with Gasteiger partial charge in [0.2, 0.25) is 18.2 Å². The number of nitrogens with one attached hydrogen (secondary N) is 3. The van der Waals surface area contributed by atoms with E-state index in [2.05, 4.69) is 58.9 Å². The molecular weight excluding hydrogens is 496 g/mol. The molecule has 0 aliphatic rings. The number of aromatic nitrogens is 1. The van der Waals surface area contributed by atoms with E-state index in [1.165, 1.54) is 23.4 Å². The Balaban J connectivity index is 0.000000332. The van der Waals surface area contributed by atoms with Crippen LogP contribution in [0.4, 0.5) is 0 Å². The van der Waals surface area contributed by atoms with Crippen molar-refractivity contribution in [3.63, 3.8) is 0 Å². The fourth-order valence-corrected chi connectivity index (χ4v) is 3.01. The Morgan fingerprint density at radius 1 is 1.08 bits per heavy atom. The second-order valence-electron chi connectivity index (χ2n) is 8.22. The largest absolute Gasteiger partial charge is 0.463 e. The summed E-state index contributed by atoms with van der Waals surface area (Å²) in [5.41, 5.74) is 9.82. The molecule has 39 heavy (non-hydrogen) atoms. The van der Waals surface area contributed by atoms with E-state index in [1.807, 2.05) is 43.3 Å². The summed E-state index contributed by atoms with van der Waals surface area (Å²) in [4.78, 5) is 46.7. The number of aryl methyl sites for hydroxylation is 2. The van der Waals surface area contributed by atoms with Crippen molar-refractivity contribution < 1.29 is 23.9 Å². The Hall–Kier alpha value is -4.84. The van der Waals surface area contributed by atoms with E-state index in [-0.39, 0.29) is 26.0 Å². The van der Waals surface area contributed by atoms with Crippen LogP contribution in [-0.4, -0.2) is 48.4 Å². The Kier molecular flexibility index (Phi) is 15.9. The Morgan fingerprint density at radius 2 is 1.82 bits per heavy atom. The highest BCUT2D eigenvalue weighted by Crippen LogP contribution is 2.15. The monoisotopic (exact) mass is 532 g/mol. The minimum absolute atomic E-state index is 0.0548. The number of ether oxygens (including phenoxy) is 1. The van der Waals surface area contributed by atoms with Crippen molar-refractivity contribution in [1.29, 1.82) is 0 Å². The summed E-state index contributed by atoms with van der Waals surface area (Å²) in [6.45, 7) is 5.85. The van der Waals surface area contributed by atoms with Gasteiger partial charge in [0.1, 0.15) is 0 Å². The third kappa shape index (κ3) is 15.8. The van der Waals surface area contributed by atoms with Crippen LogP contribution in [0.5, 0.6) is 0 Å². The highest BCUT2D eigenvalue weighted by molar-refractivity contribution is 5.83. The first-order valence-electron chi connectivity index (χ1n) is 12.4. The molecule has 0 saturated carbocycles. The molecule has 0 aliphatic carbocycles. The molecule has 3 rings (SSSR count). The molecule has 9 nitrogen and oxygen atoms in total. The fourth-order valence-electron chi connectivity index (χ4n) is 3.01. The molecule has 1 aromatic heterocycles. The van der Waals surface area contributed by atoms with Gasteiger partial charge >= 0.3 is 5.97 Å². The average Bonchev–Trinajstić information content (AvgIpc) is 3.37. The summed E-state index contributed by atoms with van der Waals surface area (Å²) < 4.78 is 4.70. The van der Waals surface area contributed by atoms with E-state index in [9.17, 15) is 19.2 Å². The number of primary amides is 1. The summed E-state index contributed by atoms with van der Waals surface area (Å²) in [5, 5.41) is 4.75. The van der Waals surface area contributed by atoms with Crippen LogP contribution < -0.4 is 16.4 Å². The predicted molar refractivity (Wildman–Crippen MR) is 150 cm³/mol. The van der Waals surface area contributed by atoms with E-state index < -0.39 is 23.8 Å². The van der Waals surface area contributed by atoms with Gasteiger partial charge in [-0.25, -0.2) is 4.79 Å². The number of carbonyl (C=O) groups excluding carboxylic acids is 4. The van der Waals surface area contributed by atoms with Crippen LogP contribution in [0.2, 0.25) is 0 Å². The summed E-state index contributed by atoms with van der Waals surface area (Å²) >= 11 is 0. The molecule has 2 aromatic carbocycles. The topological polar surface area (TPSA) is 143 Å². The smallest absolute Gasteiger partial charge is 0.330 e. The number of hydrogen-bond acceptors (Lipinski definition) is 5. The summed E-state index contributed by atoms with van der Waals surface area (Å²) in [7, 11) is 0. The zero-order chi connectivity index (χ0) is 28.9. The molecule has 0 saturated heterocycles. The molecule has 0 spiro atoms. The highest BCUT2D eigenvalue weighted by Gasteiger charge is 2.11. The zero-order valence-electron chi connectivity index (χ0n) is 22.5. The van der Waals surface area contributed by atoms with Gasteiger partial charge in [0.05, 0.1) is 13.2 Å². The highest BCUT2D eigenvalue weighted by atomic mass is 16.5. The lowest BCUT2D eigenvalue weighted by molar-refractivity contribution is -0.137. The number of benzene rings is 1. The molecule has 206 valence electrons. The lowest BCUT2D eigenvalue weighted by Crippen LogP contribution is -2.39. The van der Waals surface area contributed by atoms with Crippen molar-refractivity contribution in [3.8, 4) is 11.3 Å². The minimum Gasteiger partial charge on any atom is -0.463 e. The predicted octanol–water partition coefficient (Wildman–Crippen LogP) is 3.19. The molecule has 1 heterocycles. The Labute approximate surface area is 229 Å². The second kappa shape index (κ2) is 19.3. The maximum Gasteiger partial charge on any atom is 0.330 e. The molecule has 0 radical (unpaired) electrons. The zero-order valence-corrected chi connectivity index (χ0v) is 22.5. The molecule has 3 aromatic rings. The maximum absolute atomic E-state index is 11.4. The molecule has 0 fully saturated rings. The van der Waals surface area contributed by atoms with Gasteiger partial charge in [0.15, 0.2) is 0 Å². The van der Waals surface area contributed by atoms with Crippen molar-refractivity contribution >= 4 is 24.2 Å². The molecule has 1 unspecified atom stereocenters. The van der Waals surface area contributed by atoms with E-state index in [1.54, 1.807) is 6.92 Å². The van der Waals surface area contributed by atoms with Gasteiger partial charge in [-0.3, -0.25) is 14.4 Å². The molecule has 0 bridgehead atoms. The van der Waals surface area contributed by atoms with E-state index in [4.69, 9.17) is 10.5 Å². The number of hydrogen-bond donors (Lipinski definition) is 4. The number of H-pyrrole nitrogens is 1. The van der Waals surface area contributed by atoms with Crippen LogP contribution in [0.1, 0.15) is 31.0 Å². The van der Waals surface area contributed by atoms with Gasteiger partial charge in [-0.2, -0.15) is 0 Å². The molecule has 5 N–H and O–H groups in total. The number of carbonyl (C=O) groups is 4. The average molecular weight is 533 g/mol. The SMILES string of the molecule is CCOC(=O)/C=C/C(CCC(N)=O)NC(=O)CNC=O.Cc1ccc(-c2cc#ccc2)[nH]1.Cc1ccccc1. The van der Waals surface area contributed by atoms with Crippen molar-refractivity contribution in [2.24, 2.45) is 5.73 Å². The molecule has 9 heteroatoms. The summed E-state index contributed by atoms with van der Waals surface area (Å²) in [6, 6.07) is 25.4. The van der Waals surface area contributed by atoms with E-state index in [0.29, 0.717) is 6.41 Å². The minimum atomic E-state index is -0.548. The summed E-state index contributed by atoms with van der Waals surface area (Å²) in [5.74, 6) is -1.50. The quantitative estimate of drug-likeness (QED) is 0.170. The second-order valence-corrected chi connectivity index (χ2v) is 8.22. The number of nitrogens with two attached hydrogens (primary N) is 1. The van der Waals surface area contributed by atoms with Crippen LogP contribution in [-0.2, 0) is 23.9 Å². The van der Waals surface area contributed by atoms with E-state index in [0.717, 1.165) is 11.3 Å². The molecular formula is C30H36N4O5. The van der Waals surface area contributed by atoms with Crippen LogP contribution in [0.25, 0.3) is 11.3 Å². The standard InChI is InChI=1S/C12H19N3O5.C11H9N.C7H8/c1-2-20-12(19)6-4-9(3-5-10(13)17)15-11(18)7-14-8-16;1-9-7-8-11(12-9)10-5-3-2-4-6-10;1-7-5-3-2-4-6-7/h4,6,8-9H,2-3,5,7H2,1H3,(H2,13,17)(H,14,16)(H,15,18);3,5-8,12H,1H3;2-6H,1H3/b6-4+;;. The lowest BCUT2D eigenvalue weighted by atomic mass is 10.1. The number of rotatable bonds is 11. The van der Waals surface area contributed by atoms with Crippen LogP contribution in [0, 0.1) is 26.0 Å². The molecule has 0 aliphatic heterocycles. The van der Waals surface area contributed by atoms with Crippen LogP contribution in [0.15, 0.2) is 72.8 Å². The van der Waals surface area contributed by atoms with Gasteiger partial charge in [-0.1, -0.05) is 54.1 Å². The van der Waals surface area contributed by atoms with Crippen LogP contribution in [0.3, 0.4) is 0 Å². The third-order valence-electron chi connectivity index (χ3n) is 4.89. The third-order valence-corrected chi connectivity index (χ3v) is 4.89. The van der Waals surface area contributed by atoms with Crippen molar-refractivity contribution in [3.05, 3.63) is 96.2 Å². The first kappa shape index (κ1) is 32.2. The van der Waals surface area contributed by atoms with Crippen LogP contribution >= 0.6 is 0 Å². The number of esters is 1. The Bertz CT molecular complexity index is 1160. The van der Waals surface area contributed by atoms with Crippen molar-refractivity contribution in [1.82, 2.24) is 15.6 Å². The van der Waals surface area contributed by atoms with Crippen molar-refractivity contribution in [2.45, 2.75) is 39.7 Å². The van der Waals surface area contributed by atoms with Crippen molar-refractivity contribution in [2.75, 3.05) is 13.2 Å². The maximum atomic E-state index is 11.4. The molecule has 1 atom stereocenters.